The van der Waals surface area contributed by atoms with E-state index < -0.39 is 5.82 Å². The Kier molecular flexibility index (Phi) is 5.22. The molecule has 0 aliphatic heterocycles. The molecule has 2 heterocycles. The van der Waals surface area contributed by atoms with E-state index >= 15 is 0 Å². The summed E-state index contributed by atoms with van der Waals surface area (Å²) in [6.07, 6.45) is 1.74. The second-order valence-electron chi connectivity index (χ2n) is 4.88. The van der Waals surface area contributed by atoms with Crippen LogP contribution in [0.1, 0.15) is 12.6 Å². The highest BCUT2D eigenvalue weighted by atomic mass is 32.2. The average molecular weight is 359 g/mol. The van der Waals surface area contributed by atoms with Crippen molar-refractivity contribution in [1.29, 1.82) is 0 Å². The van der Waals surface area contributed by atoms with E-state index in [1.807, 2.05) is 23.6 Å². The first-order valence-electron chi connectivity index (χ1n) is 7.18. The number of anilines is 2. The molecule has 0 N–H and O–H groups in total. The zero-order valence-electron chi connectivity index (χ0n) is 12.8. The maximum atomic E-state index is 14.0. The Balaban J connectivity index is 1.80. The minimum atomic E-state index is -0.452. The Hall–Kier alpha value is -2.25. The number of benzene rings is 1. The highest BCUT2D eigenvalue weighted by Gasteiger charge is 2.20. The smallest absolute Gasteiger partial charge is 0.230 e. The Morgan fingerprint density at radius 3 is 2.75 bits per heavy atom. The van der Waals surface area contributed by atoms with Crippen LogP contribution in [0.4, 0.5) is 15.2 Å². The number of hydrogen-bond acceptors (Lipinski definition) is 5. The summed E-state index contributed by atoms with van der Waals surface area (Å²) >= 11 is 2.88. The number of rotatable bonds is 5. The summed E-state index contributed by atoms with van der Waals surface area (Å²) in [7, 11) is 0. The fraction of sp³-hybridized carbons (Fsp3) is 0.118. The molecule has 0 aliphatic carbocycles. The van der Waals surface area contributed by atoms with Crippen molar-refractivity contribution in [3.63, 3.8) is 0 Å². The van der Waals surface area contributed by atoms with E-state index in [2.05, 4.69) is 9.97 Å². The van der Waals surface area contributed by atoms with Crippen molar-refractivity contribution in [1.82, 2.24) is 9.97 Å². The molecule has 0 bridgehead atoms. The number of thiazole rings is 1. The minimum Gasteiger partial charge on any atom is -0.274 e. The molecule has 3 rings (SSSR count). The van der Waals surface area contributed by atoms with Gasteiger partial charge in [-0.05, 0) is 24.3 Å². The maximum absolute atomic E-state index is 14.0. The van der Waals surface area contributed by atoms with Crippen LogP contribution in [-0.2, 0) is 10.5 Å². The number of thioether (sulfide) groups is 1. The van der Waals surface area contributed by atoms with E-state index in [1.54, 1.807) is 36.2 Å². The lowest BCUT2D eigenvalue weighted by Crippen LogP contribution is -2.23. The summed E-state index contributed by atoms with van der Waals surface area (Å²) in [5.41, 5.74) is 1.04. The molecule has 0 saturated carbocycles. The Labute approximate surface area is 147 Å². The lowest BCUT2D eigenvalue weighted by molar-refractivity contribution is -0.115. The third-order valence-corrected chi connectivity index (χ3v) is 5.00. The van der Waals surface area contributed by atoms with Crippen LogP contribution in [-0.4, -0.2) is 15.9 Å². The van der Waals surface area contributed by atoms with Crippen LogP contribution in [0.3, 0.4) is 0 Å². The van der Waals surface area contributed by atoms with Crippen LogP contribution >= 0.6 is 23.1 Å². The third kappa shape index (κ3) is 3.80. The number of nitrogens with zero attached hydrogens (tertiary/aromatic N) is 3. The van der Waals surface area contributed by atoms with Crippen molar-refractivity contribution in [2.24, 2.45) is 0 Å². The Morgan fingerprint density at radius 1 is 1.25 bits per heavy atom. The van der Waals surface area contributed by atoms with Crippen molar-refractivity contribution in [2.45, 2.75) is 17.7 Å². The molecule has 122 valence electrons. The van der Waals surface area contributed by atoms with Gasteiger partial charge < -0.3 is 0 Å². The van der Waals surface area contributed by atoms with Crippen molar-refractivity contribution < 1.29 is 9.18 Å². The standard InChI is InChI=1S/C17H14FN3OS2/c1-12(22)21(15-7-3-2-6-14(15)18)17-20-13(11-24-17)10-23-16-8-4-5-9-19-16/h2-9,11H,10H2,1H3. The molecule has 2 aromatic heterocycles. The van der Waals surface area contributed by atoms with Gasteiger partial charge in [-0.2, -0.15) is 0 Å². The zero-order chi connectivity index (χ0) is 16.9. The molecule has 1 amide bonds. The van der Waals surface area contributed by atoms with Crippen LogP contribution in [0.25, 0.3) is 0 Å². The normalized spacial score (nSPS) is 10.6. The summed E-state index contributed by atoms with van der Waals surface area (Å²) in [6, 6.07) is 11.9. The van der Waals surface area contributed by atoms with Gasteiger partial charge in [-0.25, -0.2) is 14.4 Å². The Morgan fingerprint density at radius 2 is 2.04 bits per heavy atom. The third-order valence-electron chi connectivity index (χ3n) is 3.14. The molecule has 0 spiro atoms. The number of aromatic nitrogens is 2. The molecule has 4 nitrogen and oxygen atoms in total. The summed E-state index contributed by atoms with van der Waals surface area (Å²) in [5.74, 6) is -0.0954. The highest BCUT2D eigenvalue weighted by molar-refractivity contribution is 7.98. The van der Waals surface area contributed by atoms with Gasteiger partial charge in [0.05, 0.1) is 16.4 Å². The quantitative estimate of drug-likeness (QED) is 0.622. The molecule has 1 aromatic carbocycles. The van der Waals surface area contributed by atoms with E-state index in [1.165, 1.54) is 29.2 Å². The van der Waals surface area contributed by atoms with E-state index in [0.29, 0.717) is 10.9 Å². The van der Waals surface area contributed by atoms with Crippen LogP contribution in [0, 0.1) is 5.82 Å². The summed E-state index contributed by atoms with van der Waals surface area (Å²) in [4.78, 5) is 22.0. The van der Waals surface area contributed by atoms with E-state index in [9.17, 15) is 9.18 Å². The SMILES string of the molecule is CC(=O)N(c1nc(CSc2ccccn2)cs1)c1ccccc1F. The van der Waals surface area contributed by atoms with Crippen molar-refractivity contribution in [3.05, 3.63) is 65.6 Å². The first-order chi connectivity index (χ1) is 11.6. The second kappa shape index (κ2) is 7.55. The molecule has 0 saturated heterocycles. The van der Waals surface area contributed by atoms with Gasteiger partial charge in [0.1, 0.15) is 5.82 Å². The average Bonchev–Trinajstić information content (AvgIpc) is 3.04. The molecule has 0 atom stereocenters. The van der Waals surface area contributed by atoms with Gasteiger partial charge in [-0.1, -0.05) is 18.2 Å². The number of hydrogen-bond donors (Lipinski definition) is 0. The lowest BCUT2D eigenvalue weighted by atomic mass is 10.3. The molecule has 0 radical (unpaired) electrons. The zero-order valence-corrected chi connectivity index (χ0v) is 14.5. The number of amides is 1. The van der Waals surface area contributed by atoms with E-state index in [0.717, 1.165) is 10.7 Å². The van der Waals surface area contributed by atoms with Gasteiger partial charge in [0.2, 0.25) is 5.91 Å². The second-order valence-corrected chi connectivity index (χ2v) is 6.72. The van der Waals surface area contributed by atoms with Crippen LogP contribution in [0.15, 0.2) is 59.1 Å². The number of para-hydroxylation sites is 1. The topological polar surface area (TPSA) is 46.1 Å². The summed E-state index contributed by atoms with van der Waals surface area (Å²) in [5, 5.41) is 3.25. The number of pyridine rings is 1. The molecule has 7 heteroatoms. The largest absolute Gasteiger partial charge is 0.274 e. The summed E-state index contributed by atoms with van der Waals surface area (Å²) in [6.45, 7) is 1.40. The fourth-order valence-electron chi connectivity index (χ4n) is 2.09. The van der Waals surface area contributed by atoms with Gasteiger partial charge in [0.15, 0.2) is 5.13 Å². The molecule has 3 aromatic rings. The van der Waals surface area contributed by atoms with Gasteiger partial charge in [0.25, 0.3) is 0 Å². The highest BCUT2D eigenvalue weighted by Crippen LogP contribution is 2.32. The van der Waals surface area contributed by atoms with Crippen LogP contribution < -0.4 is 4.90 Å². The van der Waals surface area contributed by atoms with Gasteiger partial charge >= 0.3 is 0 Å². The van der Waals surface area contributed by atoms with Crippen molar-refractivity contribution >= 4 is 39.8 Å². The molecular formula is C17H14FN3OS2. The minimum absolute atomic E-state index is 0.211. The molecule has 24 heavy (non-hydrogen) atoms. The predicted molar refractivity (Wildman–Crippen MR) is 95.1 cm³/mol. The molecule has 0 aliphatic rings. The van der Waals surface area contributed by atoms with Crippen LogP contribution in [0.2, 0.25) is 0 Å². The van der Waals surface area contributed by atoms with Gasteiger partial charge in [0, 0.05) is 24.3 Å². The van der Waals surface area contributed by atoms with Crippen molar-refractivity contribution in [3.8, 4) is 0 Å². The van der Waals surface area contributed by atoms with Crippen LogP contribution in [0.5, 0.6) is 0 Å². The van der Waals surface area contributed by atoms with E-state index in [-0.39, 0.29) is 11.6 Å². The van der Waals surface area contributed by atoms with Gasteiger partial charge in [-0.3, -0.25) is 9.69 Å². The lowest BCUT2D eigenvalue weighted by Gasteiger charge is -2.18. The summed E-state index contributed by atoms with van der Waals surface area (Å²) < 4.78 is 14.0. The van der Waals surface area contributed by atoms with Crippen molar-refractivity contribution in [2.75, 3.05) is 4.90 Å². The first-order valence-corrected chi connectivity index (χ1v) is 9.05. The van der Waals surface area contributed by atoms with E-state index in [4.69, 9.17) is 0 Å². The monoisotopic (exact) mass is 359 g/mol. The Bertz CT molecular complexity index is 839. The number of carbonyl (C=O) groups is 1. The maximum Gasteiger partial charge on any atom is 0.230 e. The molecular weight excluding hydrogens is 345 g/mol. The number of halogens is 1. The predicted octanol–water partition coefficient (Wildman–Crippen LogP) is 4.65. The fourth-order valence-corrected chi connectivity index (χ4v) is 3.83. The number of carbonyl (C=O) groups excluding carboxylic acids is 1. The molecule has 0 unspecified atom stereocenters. The molecule has 0 fully saturated rings. The first kappa shape index (κ1) is 16.6. The van der Waals surface area contributed by atoms with Gasteiger partial charge in [-0.15, -0.1) is 23.1 Å².